The van der Waals surface area contributed by atoms with Crippen molar-refractivity contribution in [1.82, 2.24) is 9.80 Å². The molecule has 0 aromatic heterocycles. The average molecular weight is 465 g/mol. The van der Waals surface area contributed by atoms with E-state index in [0.29, 0.717) is 6.54 Å². The lowest BCUT2D eigenvalue weighted by molar-refractivity contribution is -0.118. The van der Waals surface area contributed by atoms with Crippen LogP contribution in [-0.4, -0.2) is 111 Å². The van der Waals surface area contributed by atoms with Crippen LogP contribution in [0.3, 0.4) is 0 Å². The Morgan fingerprint density at radius 3 is 2.58 bits per heavy atom. The fourth-order valence-corrected chi connectivity index (χ4v) is 3.83. The monoisotopic (exact) mass is 465 g/mol. The zero-order valence-electron chi connectivity index (χ0n) is 17.8. The molecule has 9 N–H and O–H groups in total. The van der Waals surface area contributed by atoms with E-state index in [1.807, 2.05) is 0 Å². The molecular formula is C19H28BN5O8. The van der Waals surface area contributed by atoms with Gasteiger partial charge in [-0.1, -0.05) is 6.07 Å². The molecule has 0 saturated carbocycles. The van der Waals surface area contributed by atoms with Crippen molar-refractivity contribution in [3.63, 3.8) is 0 Å². The number of ether oxygens (including phenoxy) is 1. The lowest BCUT2D eigenvalue weighted by Gasteiger charge is -2.44. The number of benzene rings is 1. The second kappa shape index (κ2) is 10.4. The van der Waals surface area contributed by atoms with Crippen molar-refractivity contribution in [3.8, 4) is 11.5 Å². The number of nitrogens with zero attached hydrogens (tertiary/aromatic N) is 3. The number of aromatic hydroxyl groups is 1. The average Bonchev–Trinajstić information content (AvgIpc) is 3.15. The molecule has 1 saturated heterocycles. The Labute approximate surface area is 190 Å². The van der Waals surface area contributed by atoms with Crippen molar-refractivity contribution in [3.05, 3.63) is 23.3 Å². The number of primary amides is 1. The van der Waals surface area contributed by atoms with Gasteiger partial charge in [0, 0.05) is 19.6 Å². The number of nitrogens with two attached hydrogens (primary N) is 2. The van der Waals surface area contributed by atoms with Crippen molar-refractivity contribution in [2.45, 2.75) is 37.2 Å². The highest BCUT2D eigenvalue weighted by Gasteiger charge is 2.40. The Bertz CT molecular complexity index is 910. The lowest BCUT2D eigenvalue weighted by Crippen LogP contribution is -2.64. The number of aryl methyl sites for hydroxylation is 1. The topological polar surface area (TPSA) is 215 Å². The SMILES string of the molecule is NC(=O)CN1C=NC(C(N)C(O)N2CC(Oc3ccc(CCB(O)O)c(O)c3C(=O)O)C2)C1. The van der Waals surface area contributed by atoms with Crippen LogP contribution in [-0.2, 0) is 11.2 Å². The molecule has 2 aliphatic heterocycles. The first kappa shape index (κ1) is 24.7. The summed E-state index contributed by atoms with van der Waals surface area (Å²) in [5, 5.41) is 48.4. The number of carbonyl (C=O) groups is 2. The van der Waals surface area contributed by atoms with E-state index < -0.39 is 54.7 Å². The van der Waals surface area contributed by atoms with Crippen molar-refractivity contribution in [2.75, 3.05) is 26.2 Å². The van der Waals surface area contributed by atoms with Crippen LogP contribution in [0.2, 0.25) is 6.32 Å². The number of aromatic carboxylic acids is 1. The van der Waals surface area contributed by atoms with Gasteiger partial charge < -0.3 is 46.5 Å². The fourth-order valence-electron chi connectivity index (χ4n) is 3.83. The number of aliphatic hydroxyl groups excluding tert-OH is 1. The Balaban J connectivity index is 1.56. The van der Waals surface area contributed by atoms with E-state index in [4.69, 9.17) is 26.3 Å². The van der Waals surface area contributed by atoms with Gasteiger partial charge in [0.05, 0.1) is 25.0 Å². The molecule has 3 rings (SSSR count). The number of aliphatic imine (C=N–C) groups is 1. The van der Waals surface area contributed by atoms with Crippen LogP contribution in [0.5, 0.6) is 11.5 Å². The number of aliphatic hydroxyl groups is 1. The predicted octanol–water partition coefficient (Wildman–Crippen LogP) is -2.99. The zero-order valence-corrected chi connectivity index (χ0v) is 17.8. The summed E-state index contributed by atoms with van der Waals surface area (Å²) in [6.07, 6.45) is 0.0299. The van der Waals surface area contributed by atoms with Gasteiger partial charge in [-0.2, -0.15) is 0 Å². The van der Waals surface area contributed by atoms with Gasteiger partial charge in [-0.25, -0.2) is 4.79 Å². The van der Waals surface area contributed by atoms with Crippen LogP contribution in [0.4, 0.5) is 0 Å². The molecule has 0 bridgehead atoms. The number of carboxylic acids is 1. The maximum atomic E-state index is 11.7. The number of carboxylic acid groups (broad SMARTS) is 1. The Morgan fingerprint density at radius 1 is 1.27 bits per heavy atom. The summed E-state index contributed by atoms with van der Waals surface area (Å²) in [5.74, 6) is -2.39. The maximum absolute atomic E-state index is 11.7. The van der Waals surface area contributed by atoms with Crippen LogP contribution in [0, 0.1) is 0 Å². The number of hydrogen-bond acceptors (Lipinski definition) is 11. The largest absolute Gasteiger partial charge is 0.507 e. The number of phenols is 1. The van der Waals surface area contributed by atoms with E-state index in [1.54, 1.807) is 9.80 Å². The van der Waals surface area contributed by atoms with E-state index in [-0.39, 0.29) is 43.7 Å². The van der Waals surface area contributed by atoms with E-state index in [2.05, 4.69) is 4.99 Å². The van der Waals surface area contributed by atoms with Crippen molar-refractivity contribution < 1.29 is 39.7 Å². The van der Waals surface area contributed by atoms with Crippen LogP contribution in [0.1, 0.15) is 15.9 Å². The molecule has 0 aliphatic carbocycles. The highest BCUT2D eigenvalue weighted by Crippen LogP contribution is 2.34. The third-order valence-electron chi connectivity index (χ3n) is 5.64. The molecule has 0 radical (unpaired) electrons. The van der Waals surface area contributed by atoms with E-state index in [1.165, 1.54) is 18.5 Å². The van der Waals surface area contributed by atoms with Crippen LogP contribution < -0.4 is 16.2 Å². The normalized spacial score (nSPS) is 20.4. The van der Waals surface area contributed by atoms with Crippen LogP contribution >= 0.6 is 0 Å². The Hall–Kier alpha value is -2.91. The second-order valence-corrected chi connectivity index (χ2v) is 8.18. The summed E-state index contributed by atoms with van der Waals surface area (Å²) in [6, 6.07) is 1.74. The van der Waals surface area contributed by atoms with Gasteiger partial charge in [0.25, 0.3) is 0 Å². The predicted molar refractivity (Wildman–Crippen MR) is 117 cm³/mol. The first-order valence-electron chi connectivity index (χ1n) is 10.4. The molecular weight excluding hydrogens is 437 g/mol. The van der Waals surface area contributed by atoms with Gasteiger partial charge >= 0.3 is 13.1 Å². The third-order valence-corrected chi connectivity index (χ3v) is 5.64. The smallest absolute Gasteiger partial charge is 0.451 e. The standard InChI is InChI=1S/C19H28BN5O8/c21-14(26)8-24-7-12(23-9-24)16(22)18(28)25-5-11(6-25)33-13-2-1-10(3-4-20(31)32)17(27)15(13)19(29)30/h1-2,9,11-12,16,18,27-28,31-32H,3-8,22H2,(H2,21,26)(H,29,30). The molecule has 33 heavy (non-hydrogen) atoms. The Morgan fingerprint density at radius 2 is 1.97 bits per heavy atom. The summed E-state index contributed by atoms with van der Waals surface area (Å²) in [5.41, 5.74) is 11.2. The summed E-state index contributed by atoms with van der Waals surface area (Å²) < 4.78 is 5.73. The van der Waals surface area contributed by atoms with Crippen molar-refractivity contribution in [2.24, 2.45) is 16.5 Å². The summed E-state index contributed by atoms with van der Waals surface area (Å²) in [6.45, 7) is 0.916. The number of likely N-dealkylation sites (tertiary alicyclic amines) is 1. The quantitative estimate of drug-likeness (QED) is 0.164. The fraction of sp³-hybridized carbons (Fsp3) is 0.526. The first-order valence-corrected chi connectivity index (χ1v) is 10.4. The minimum absolute atomic E-state index is 0.0145. The van der Waals surface area contributed by atoms with Crippen molar-refractivity contribution in [1.29, 1.82) is 0 Å². The molecule has 2 aliphatic rings. The molecule has 1 amide bonds. The van der Waals surface area contributed by atoms with Crippen molar-refractivity contribution >= 4 is 25.3 Å². The molecule has 180 valence electrons. The van der Waals surface area contributed by atoms with E-state index in [0.717, 1.165) is 0 Å². The molecule has 2 heterocycles. The second-order valence-electron chi connectivity index (χ2n) is 8.18. The molecule has 1 aromatic carbocycles. The van der Waals surface area contributed by atoms with Gasteiger partial charge in [-0.3, -0.25) is 14.7 Å². The maximum Gasteiger partial charge on any atom is 0.451 e. The lowest BCUT2D eigenvalue weighted by atomic mass is 9.82. The molecule has 3 unspecified atom stereocenters. The Kier molecular flexibility index (Phi) is 7.76. The highest BCUT2D eigenvalue weighted by molar-refractivity contribution is 6.41. The minimum atomic E-state index is -1.58. The summed E-state index contributed by atoms with van der Waals surface area (Å²) in [4.78, 5) is 30.2. The molecule has 1 aromatic rings. The van der Waals surface area contributed by atoms with Gasteiger partial charge in [0.2, 0.25) is 5.91 Å². The summed E-state index contributed by atoms with van der Waals surface area (Å²) >= 11 is 0. The first-order chi connectivity index (χ1) is 15.6. The van der Waals surface area contributed by atoms with Gasteiger partial charge in [0.1, 0.15) is 29.4 Å². The number of rotatable bonds is 11. The number of hydrogen-bond donors (Lipinski definition) is 7. The highest BCUT2D eigenvalue weighted by atomic mass is 16.5. The molecule has 13 nitrogen and oxygen atoms in total. The summed E-state index contributed by atoms with van der Waals surface area (Å²) in [7, 11) is -1.58. The van der Waals surface area contributed by atoms with Gasteiger partial charge in [-0.15, -0.1) is 0 Å². The van der Waals surface area contributed by atoms with E-state index >= 15 is 0 Å². The minimum Gasteiger partial charge on any atom is -0.507 e. The number of carbonyl (C=O) groups excluding carboxylic acids is 1. The van der Waals surface area contributed by atoms with Gasteiger partial charge in [-0.05, 0) is 24.4 Å². The molecule has 0 spiro atoms. The molecule has 14 heteroatoms. The van der Waals surface area contributed by atoms with Crippen LogP contribution in [0.15, 0.2) is 17.1 Å². The van der Waals surface area contributed by atoms with Gasteiger partial charge in [0.15, 0.2) is 0 Å². The van der Waals surface area contributed by atoms with E-state index in [9.17, 15) is 24.9 Å². The zero-order chi connectivity index (χ0) is 24.3. The van der Waals surface area contributed by atoms with Crippen LogP contribution in [0.25, 0.3) is 0 Å². The molecule has 1 fully saturated rings. The molecule has 3 atom stereocenters. The third kappa shape index (κ3) is 5.91. The number of amides is 1.